The predicted octanol–water partition coefficient (Wildman–Crippen LogP) is 2.30. The minimum atomic E-state index is -3.87. The Hall–Kier alpha value is -0.650. The number of rotatable bonds is 1. The van der Waals surface area contributed by atoms with Gasteiger partial charge < -0.3 is 9.47 Å². The fourth-order valence-corrected chi connectivity index (χ4v) is 2.88. The lowest BCUT2D eigenvalue weighted by Crippen LogP contribution is -1.94. The molecule has 0 saturated heterocycles. The van der Waals surface area contributed by atoms with E-state index in [-0.39, 0.29) is 16.7 Å². The zero-order valence-corrected chi connectivity index (χ0v) is 9.91. The van der Waals surface area contributed by atoms with Gasteiger partial charge in [-0.1, -0.05) is 11.6 Å². The van der Waals surface area contributed by atoms with E-state index >= 15 is 0 Å². The maximum Gasteiger partial charge on any atom is 0.262 e. The van der Waals surface area contributed by atoms with Gasteiger partial charge in [0, 0.05) is 22.3 Å². The average Bonchev–Trinajstić information content (AvgIpc) is 2.57. The minimum Gasteiger partial charge on any atom is -0.454 e. The van der Waals surface area contributed by atoms with Crippen molar-refractivity contribution in [2.45, 2.75) is 11.8 Å². The van der Waals surface area contributed by atoms with E-state index in [4.69, 9.17) is 31.8 Å². The van der Waals surface area contributed by atoms with E-state index in [9.17, 15) is 8.42 Å². The molecular formula is C8H6Cl2O4S. The van der Waals surface area contributed by atoms with Gasteiger partial charge in [-0.05, 0) is 6.92 Å². The fraction of sp³-hybridized carbons (Fsp3) is 0.250. The van der Waals surface area contributed by atoms with Crippen LogP contribution in [-0.4, -0.2) is 15.2 Å². The van der Waals surface area contributed by atoms with Gasteiger partial charge in [0.2, 0.25) is 6.79 Å². The second kappa shape index (κ2) is 3.43. The summed E-state index contributed by atoms with van der Waals surface area (Å²) in [4.78, 5) is -0.160. The van der Waals surface area contributed by atoms with E-state index in [1.165, 1.54) is 6.07 Å². The van der Waals surface area contributed by atoms with Crippen LogP contribution in [0, 0.1) is 6.92 Å². The van der Waals surface area contributed by atoms with Gasteiger partial charge in [0.05, 0.1) is 5.02 Å². The average molecular weight is 269 g/mol. The van der Waals surface area contributed by atoms with E-state index in [0.29, 0.717) is 17.1 Å². The number of fused-ring (bicyclic) bond motifs is 1. The zero-order valence-electron chi connectivity index (χ0n) is 7.58. The first-order valence-corrected chi connectivity index (χ1v) is 6.63. The zero-order chi connectivity index (χ0) is 11.2. The van der Waals surface area contributed by atoms with E-state index in [2.05, 4.69) is 0 Å². The third-order valence-electron chi connectivity index (χ3n) is 2.05. The van der Waals surface area contributed by atoms with Gasteiger partial charge in [-0.2, -0.15) is 0 Å². The van der Waals surface area contributed by atoms with E-state index in [1.807, 2.05) is 0 Å². The van der Waals surface area contributed by atoms with E-state index in [0.717, 1.165) is 0 Å². The topological polar surface area (TPSA) is 52.6 Å². The van der Waals surface area contributed by atoms with Crippen LogP contribution >= 0.6 is 22.3 Å². The van der Waals surface area contributed by atoms with Crippen LogP contribution in [0.5, 0.6) is 11.5 Å². The van der Waals surface area contributed by atoms with Gasteiger partial charge in [0.1, 0.15) is 4.90 Å². The van der Waals surface area contributed by atoms with Crippen LogP contribution in [0.2, 0.25) is 5.02 Å². The number of benzene rings is 1. The summed E-state index contributed by atoms with van der Waals surface area (Å²) in [6.45, 7) is 1.69. The van der Waals surface area contributed by atoms with Gasteiger partial charge in [-0.3, -0.25) is 0 Å². The monoisotopic (exact) mass is 268 g/mol. The highest BCUT2D eigenvalue weighted by molar-refractivity contribution is 8.13. The van der Waals surface area contributed by atoms with E-state index in [1.54, 1.807) is 6.92 Å². The van der Waals surface area contributed by atoms with Crippen LogP contribution < -0.4 is 9.47 Å². The molecule has 0 fully saturated rings. The minimum absolute atomic E-state index is 0.0539. The summed E-state index contributed by atoms with van der Waals surface area (Å²) in [6, 6.07) is 1.26. The molecule has 1 aromatic carbocycles. The third-order valence-corrected chi connectivity index (χ3v) is 4.00. The van der Waals surface area contributed by atoms with Crippen molar-refractivity contribution >= 4 is 31.3 Å². The first-order valence-electron chi connectivity index (χ1n) is 3.94. The number of hydrogen-bond donors (Lipinski definition) is 0. The van der Waals surface area contributed by atoms with Crippen molar-refractivity contribution in [2.75, 3.05) is 6.79 Å². The van der Waals surface area contributed by atoms with Crippen LogP contribution in [0.1, 0.15) is 5.56 Å². The second-order valence-corrected chi connectivity index (χ2v) is 5.90. The van der Waals surface area contributed by atoms with Crippen LogP contribution in [0.15, 0.2) is 11.0 Å². The Morgan fingerprint density at radius 1 is 1.40 bits per heavy atom. The van der Waals surface area contributed by atoms with Gasteiger partial charge >= 0.3 is 0 Å². The molecule has 0 N–H and O–H groups in total. The summed E-state index contributed by atoms with van der Waals surface area (Å²) in [6.07, 6.45) is 0. The molecule has 1 aliphatic heterocycles. The summed E-state index contributed by atoms with van der Waals surface area (Å²) >= 11 is 5.86. The Labute approximate surface area is 96.1 Å². The number of hydrogen-bond acceptors (Lipinski definition) is 4. The first kappa shape index (κ1) is 10.9. The number of ether oxygens (including phenoxy) is 2. The van der Waals surface area contributed by atoms with Crippen molar-refractivity contribution in [1.82, 2.24) is 0 Å². The summed E-state index contributed by atoms with van der Waals surface area (Å²) in [5.41, 5.74) is 0.505. The summed E-state index contributed by atoms with van der Waals surface area (Å²) < 4.78 is 32.6. The lowest BCUT2D eigenvalue weighted by atomic mass is 10.2. The van der Waals surface area contributed by atoms with Crippen molar-refractivity contribution in [3.8, 4) is 11.5 Å². The predicted molar refractivity (Wildman–Crippen MR) is 55.4 cm³/mol. The molecule has 0 radical (unpaired) electrons. The SMILES string of the molecule is Cc1c(Cl)c(S(=O)(=O)Cl)cc2c1OCO2. The van der Waals surface area contributed by atoms with Gasteiger partial charge in [0.15, 0.2) is 11.5 Å². The molecule has 7 heteroatoms. The molecule has 0 saturated carbocycles. The molecule has 0 amide bonds. The lowest BCUT2D eigenvalue weighted by Gasteiger charge is -2.06. The Bertz CT molecular complexity index is 524. The van der Waals surface area contributed by atoms with Crippen LogP contribution in [0.4, 0.5) is 0 Å². The van der Waals surface area contributed by atoms with Crippen molar-refractivity contribution < 1.29 is 17.9 Å². The highest BCUT2D eigenvalue weighted by atomic mass is 35.7. The Morgan fingerprint density at radius 2 is 2.07 bits per heavy atom. The van der Waals surface area contributed by atoms with Crippen LogP contribution in [-0.2, 0) is 9.05 Å². The highest BCUT2D eigenvalue weighted by Crippen LogP contribution is 2.43. The van der Waals surface area contributed by atoms with Gasteiger partial charge in [0.25, 0.3) is 9.05 Å². The molecule has 0 aliphatic carbocycles. The van der Waals surface area contributed by atoms with Crippen molar-refractivity contribution in [1.29, 1.82) is 0 Å². The lowest BCUT2D eigenvalue weighted by molar-refractivity contribution is 0.173. The summed E-state index contributed by atoms with van der Waals surface area (Å²) in [5, 5.41) is 0.0641. The normalized spacial score (nSPS) is 14.3. The molecule has 0 atom stereocenters. The van der Waals surface area contributed by atoms with Crippen molar-refractivity contribution in [3.63, 3.8) is 0 Å². The Kier molecular flexibility index (Phi) is 2.48. The largest absolute Gasteiger partial charge is 0.454 e. The molecule has 0 bridgehead atoms. The molecule has 1 aromatic rings. The molecule has 0 unspecified atom stereocenters. The Morgan fingerprint density at radius 3 is 2.67 bits per heavy atom. The van der Waals surface area contributed by atoms with Crippen LogP contribution in [0.3, 0.4) is 0 Å². The third kappa shape index (κ3) is 1.75. The number of halogens is 2. The molecule has 4 nitrogen and oxygen atoms in total. The molecule has 2 rings (SSSR count). The van der Waals surface area contributed by atoms with Gasteiger partial charge in [-0.15, -0.1) is 0 Å². The van der Waals surface area contributed by atoms with Crippen molar-refractivity contribution in [3.05, 3.63) is 16.7 Å². The summed E-state index contributed by atoms with van der Waals surface area (Å²) in [7, 11) is 1.36. The summed E-state index contributed by atoms with van der Waals surface area (Å²) in [5.74, 6) is 0.806. The quantitative estimate of drug-likeness (QED) is 0.734. The molecule has 0 aromatic heterocycles. The molecular weight excluding hydrogens is 263 g/mol. The van der Waals surface area contributed by atoms with Crippen molar-refractivity contribution in [2.24, 2.45) is 0 Å². The maximum absolute atomic E-state index is 11.2. The first-order chi connectivity index (χ1) is 6.91. The molecule has 1 aliphatic rings. The smallest absolute Gasteiger partial charge is 0.262 e. The standard InChI is InChI=1S/C8H6Cl2O4S/c1-4-7(9)6(15(10,11)12)2-5-8(4)14-3-13-5/h2H,3H2,1H3. The van der Waals surface area contributed by atoms with E-state index < -0.39 is 9.05 Å². The molecule has 15 heavy (non-hydrogen) atoms. The fourth-order valence-electron chi connectivity index (χ4n) is 1.33. The highest BCUT2D eigenvalue weighted by Gasteiger charge is 2.25. The molecule has 0 spiro atoms. The molecule has 82 valence electrons. The molecule has 1 heterocycles. The maximum atomic E-state index is 11.2. The second-order valence-electron chi connectivity index (χ2n) is 2.99. The Balaban J connectivity index is 2.75. The van der Waals surface area contributed by atoms with Gasteiger partial charge in [-0.25, -0.2) is 8.42 Å². The van der Waals surface area contributed by atoms with Crippen LogP contribution in [0.25, 0.3) is 0 Å².